The highest BCUT2D eigenvalue weighted by Gasteiger charge is 2.24. The third-order valence-electron chi connectivity index (χ3n) is 3.84. The number of anilines is 1. The van der Waals surface area contributed by atoms with Crippen molar-refractivity contribution in [3.63, 3.8) is 0 Å². The summed E-state index contributed by atoms with van der Waals surface area (Å²) in [5.74, 6) is 0.855. The molecule has 1 amide bonds. The first-order valence-corrected chi connectivity index (χ1v) is 8.07. The molecule has 1 N–H and O–H groups in total. The maximum Gasteiger partial charge on any atom is 0.269 e. The van der Waals surface area contributed by atoms with Crippen LogP contribution in [0.1, 0.15) is 23.3 Å². The average Bonchev–Trinajstić information content (AvgIpc) is 2.94. The zero-order valence-electron chi connectivity index (χ0n) is 12.4. The Morgan fingerprint density at radius 1 is 1.50 bits per heavy atom. The van der Waals surface area contributed by atoms with Crippen molar-refractivity contribution in [3.05, 3.63) is 41.0 Å². The summed E-state index contributed by atoms with van der Waals surface area (Å²) in [5, 5.41) is 3.10. The van der Waals surface area contributed by atoms with E-state index in [9.17, 15) is 4.79 Å². The van der Waals surface area contributed by atoms with Crippen molar-refractivity contribution < 1.29 is 4.79 Å². The Labute approximate surface area is 137 Å². The molecule has 0 radical (unpaired) electrons. The summed E-state index contributed by atoms with van der Waals surface area (Å²) in [6.07, 6.45) is 7.01. The second-order valence-corrected chi connectivity index (χ2v) is 6.31. The van der Waals surface area contributed by atoms with Crippen LogP contribution in [0.4, 0.5) is 5.82 Å². The van der Waals surface area contributed by atoms with Gasteiger partial charge in [0.05, 0.1) is 17.0 Å². The summed E-state index contributed by atoms with van der Waals surface area (Å²) in [6.45, 7) is 1.72. The van der Waals surface area contributed by atoms with Crippen LogP contribution in [0, 0.1) is 0 Å². The lowest BCUT2D eigenvalue weighted by atomic mass is 10.1. The molecular formula is C15H18BrN5O. The lowest BCUT2D eigenvalue weighted by Gasteiger charge is -2.34. The number of aromatic nitrogens is 3. The molecule has 3 heterocycles. The lowest BCUT2D eigenvalue weighted by Crippen LogP contribution is -2.48. The number of pyridine rings is 1. The number of amides is 1. The molecule has 1 atom stereocenters. The molecule has 1 fully saturated rings. The summed E-state index contributed by atoms with van der Waals surface area (Å²) < 4.78 is 2.71. The van der Waals surface area contributed by atoms with Gasteiger partial charge in [0.25, 0.3) is 5.91 Å². The SMILES string of the molecule is Cn1cncc1C(=O)NC1CCCN(c2ncccc2Br)C1. The van der Waals surface area contributed by atoms with Crippen molar-refractivity contribution in [2.24, 2.45) is 7.05 Å². The Morgan fingerprint density at radius 2 is 2.36 bits per heavy atom. The van der Waals surface area contributed by atoms with Crippen LogP contribution >= 0.6 is 15.9 Å². The van der Waals surface area contributed by atoms with E-state index in [0.717, 1.165) is 36.2 Å². The molecule has 1 unspecified atom stereocenters. The van der Waals surface area contributed by atoms with Gasteiger partial charge in [-0.3, -0.25) is 4.79 Å². The van der Waals surface area contributed by atoms with E-state index in [1.54, 1.807) is 23.3 Å². The Bertz CT molecular complexity index is 671. The zero-order chi connectivity index (χ0) is 15.5. The topological polar surface area (TPSA) is 63.1 Å². The molecule has 116 valence electrons. The van der Waals surface area contributed by atoms with Crippen molar-refractivity contribution in [1.29, 1.82) is 0 Å². The molecule has 0 aliphatic carbocycles. The molecule has 2 aromatic heterocycles. The fourth-order valence-corrected chi connectivity index (χ4v) is 3.24. The highest BCUT2D eigenvalue weighted by molar-refractivity contribution is 9.10. The molecule has 1 saturated heterocycles. The van der Waals surface area contributed by atoms with Crippen molar-refractivity contribution in [2.45, 2.75) is 18.9 Å². The second-order valence-electron chi connectivity index (χ2n) is 5.46. The Morgan fingerprint density at radius 3 is 3.09 bits per heavy atom. The van der Waals surface area contributed by atoms with Crippen molar-refractivity contribution >= 4 is 27.7 Å². The van der Waals surface area contributed by atoms with Gasteiger partial charge in [-0.05, 0) is 40.9 Å². The highest BCUT2D eigenvalue weighted by atomic mass is 79.9. The van der Waals surface area contributed by atoms with Crippen LogP contribution in [0.3, 0.4) is 0 Å². The molecule has 0 bridgehead atoms. The number of aryl methyl sites for hydroxylation is 1. The van der Waals surface area contributed by atoms with Gasteiger partial charge >= 0.3 is 0 Å². The number of carbonyl (C=O) groups excluding carboxylic acids is 1. The molecule has 6 nitrogen and oxygen atoms in total. The molecule has 0 saturated carbocycles. The van der Waals surface area contributed by atoms with Crippen LogP contribution < -0.4 is 10.2 Å². The first-order chi connectivity index (χ1) is 10.6. The summed E-state index contributed by atoms with van der Waals surface area (Å²) in [6, 6.07) is 4.00. The number of hydrogen-bond acceptors (Lipinski definition) is 4. The predicted octanol–water partition coefficient (Wildman–Crippen LogP) is 1.98. The summed E-state index contributed by atoms with van der Waals surface area (Å²) in [5.41, 5.74) is 0.580. The minimum atomic E-state index is -0.0769. The molecule has 1 aliphatic heterocycles. The minimum absolute atomic E-state index is 0.0769. The summed E-state index contributed by atoms with van der Waals surface area (Å²) in [7, 11) is 1.82. The summed E-state index contributed by atoms with van der Waals surface area (Å²) in [4.78, 5) is 22.9. The number of imidazole rings is 1. The number of rotatable bonds is 3. The zero-order valence-corrected chi connectivity index (χ0v) is 14.0. The quantitative estimate of drug-likeness (QED) is 0.905. The van der Waals surface area contributed by atoms with E-state index in [1.165, 1.54) is 0 Å². The van der Waals surface area contributed by atoms with Crippen LogP contribution in [-0.4, -0.2) is 39.6 Å². The number of nitrogens with zero attached hydrogens (tertiary/aromatic N) is 4. The van der Waals surface area contributed by atoms with Gasteiger partial charge in [0.15, 0.2) is 0 Å². The Hall–Kier alpha value is -1.89. The van der Waals surface area contributed by atoms with Crippen LogP contribution in [-0.2, 0) is 7.05 Å². The van der Waals surface area contributed by atoms with E-state index in [1.807, 2.05) is 19.2 Å². The molecule has 3 rings (SSSR count). The monoisotopic (exact) mass is 363 g/mol. The van der Waals surface area contributed by atoms with Gasteiger partial charge < -0.3 is 14.8 Å². The van der Waals surface area contributed by atoms with Gasteiger partial charge in [-0.1, -0.05) is 0 Å². The number of nitrogens with one attached hydrogen (secondary N) is 1. The van der Waals surface area contributed by atoms with Gasteiger partial charge in [0, 0.05) is 32.4 Å². The number of carbonyl (C=O) groups is 1. The van der Waals surface area contributed by atoms with E-state index in [4.69, 9.17) is 0 Å². The van der Waals surface area contributed by atoms with Crippen LogP contribution in [0.5, 0.6) is 0 Å². The number of hydrogen-bond donors (Lipinski definition) is 1. The maximum absolute atomic E-state index is 12.3. The lowest BCUT2D eigenvalue weighted by molar-refractivity contribution is 0.0925. The van der Waals surface area contributed by atoms with Crippen molar-refractivity contribution in [1.82, 2.24) is 19.9 Å². The second kappa shape index (κ2) is 6.48. The average molecular weight is 364 g/mol. The number of piperidine rings is 1. The van der Waals surface area contributed by atoms with E-state index >= 15 is 0 Å². The molecule has 1 aliphatic rings. The largest absolute Gasteiger partial charge is 0.354 e. The highest BCUT2D eigenvalue weighted by Crippen LogP contribution is 2.25. The van der Waals surface area contributed by atoms with E-state index in [-0.39, 0.29) is 11.9 Å². The fraction of sp³-hybridized carbons (Fsp3) is 0.400. The van der Waals surface area contributed by atoms with Crippen molar-refractivity contribution in [2.75, 3.05) is 18.0 Å². The van der Waals surface area contributed by atoms with Crippen LogP contribution in [0.15, 0.2) is 35.3 Å². The van der Waals surface area contributed by atoms with Crippen molar-refractivity contribution in [3.8, 4) is 0 Å². The molecule has 7 heteroatoms. The number of halogens is 1. The molecule has 0 aromatic carbocycles. The fourth-order valence-electron chi connectivity index (χ4n) is 2.73. The Kier molecular flexibility index (Phi) is 4.42. The van der Waals surface area contributed by atoms with Gasteiger partial charge in [0.2, 0.25) is 0 Å². The van der Waals surface area contributed by atoms with Gasteiger partial charge in [-0.15, -0.1) is 0 Å². The van der Waals surface area contributed by atoms with E-state index in [2.05, 4.69) is 36.1 Å². The van der Waals surface area contributed by atoms with Gasteiger partial charge in [-0.2, -0.15) is 0 Å². The maximum atomic E-state index is 12.3. The minimum Gasteiger partial charge on any atom is -0.354 e. The van der Waals surface area contributed by atoms with Crippen LogP contribution in [0.25, 0.3) is 0 Å². The predicted molar refractivity (Wildman–Crippen MR) is 87.8 cm³/mol. The molecule has 0 spiro atoms. The smallest absolute Gasteiger partial charge is 0.269 e. The first-order valence-electron chi connectivity index (χ1n) is 7.28. The van der Waals surface area contributed by atoms with Crippen LogP contribution in [0.2, 0.25) is 0 Å². The third kappa shape index (κ3) is 3.14. The van der Waals surface area contributed by atoms with Gasteiger partial charge in [0.1, 0.15) is 11.5 Å². The summed E-state index contributed by atoms with van der Waals surface area (Å²) >= 11 is 3.54. The standard InChI is InChI=1S/C15H18BrN5O/c1-20-10-17-8-13(20)15(22)19-11-4-3-7-21(9-11)14-12(16)5-2-6-18-14/h2,5-6,8,10-11H,3-4,7,9H2,1H3,(H,19,22). The molecule has 22 heavy (non-hydrogen) atoms. The first kappa shape index (κ1) is 15.0. The molecule has 2 aromatic rings. The normalized spacial score (nSPS) is 18.3. The Balaban J connectivity index is 1.68. The van der Waals surface area contributed by atoms with E-state index in [0.29, 0.717) is 5.69 Å². The van der Waals surface area contributed by atoms with E-state index < -0.39 is 0 Å². The molecular weight excluding hydrogens is 346 g/mol. The van der Waals surface area contributed by atoms with Gasteiger partial charge in [-0.25, -0.2) is 9.97 Å². The third-order valence-corrected chi connectivity index (χ3v) is 4.46.